The number of hydrogen-bond acceptors (Lipinski definition) is 4. The monoisotopic (exact) mass is 353 g/mol. The van der Waals surface area contributed by atoms with Gasteiger partial charge in [0.25, 0.3) is 0 Å². The molecule has 0 bridgehead atoms. The summed E-state index contributed by atoms with van der Waals surface area (Å²) in [6.45, 7) is 6.12. The molecule has 0 radical (unpaired) electrons. The molecule has 26 heavy (non-hydrogen) atoms. The Bertz CT molecular complexity index is 863. The maximum Gasteiger partial charge on any atom is 0.229 e. The van der Waals surface area contributed by atoms with Crippen LogP contribution < -0.4 is 15.0 Å². The Hall–Kier alpha value is -2.89. The van der Waals surface area contributed by atoms with Gasteiger partial charge in [-0.1, -0.05) is 6.07 Å². The van der Waals surface area contributed by atoms with E-state index in [9.17, 15) is 9.59 Å². The average Bonchev–Trinajstić information content (AvgIpc) is 3.00. The summed E-state index contributed by atoms with van der Waals surface area (Å²) >= 11 is 0. The first-order valence-electron chi connectivity index (χ1n) is 8.58. The second-order valence-electron chi connectivity index (χ2n) is 6.64. The lowest BCUT2D eigenvalue weighted by Gasteiger charge is -2.20. The number of pyridine rings is 1. The Morgan fingerprint density at radius 2 is 2.04 bits per heavy atom. The van der Waals surface area contributed by atoms with Crippen LogP contribution in [0.15, 0.2) is 30.5 Å². The number of ether oxygens (including phenoxy) is 1. The number of aromatic nitrogens is 1. The van der Waals surface area contributed by atoms with Gasteiger partial charge in [-0.2, -0.15) is 0 Å². The van der Waals surface area contributed by atoms with Crippen molar-refractivity contribution in [2.24, 2.45) is 5.92 Å². The second kappa shape index (κ2) is 7.15. The van der Waals surface area contributed by atoms with Gasteiger partial charge in [-0.05, 0) is 50.1 Å². The van der Waals surface area contributed by atoms with E-state index in [1.807, 2.05) is 39.0 Å². The SMILES string of the molecule is COc1ccc(C)cc1N1CC(C(=O)Nc2ccnc(C)c2C)CC1=O. The van der Waals surface area contributed by atoms with Gasteiger partial charge in [0.15, 0.2) is 0 Å². The van der Waals surface area contributed by atoms with Crippen LogP contribution >= 0.6 is 0 Å². The molecular weight excluding hydrogens is 330 g/mol. The number of carbonyl (C=O) groups is 2. The number of rotatable bonds is 4. The number of amides is 2. The Balaban J connectivity index is 1.78. The molecule has 3 rings (SSSR count). The molecular formula is C20H23N3O3. The molecule has 1 aromatic heterocycles. The molecule has 6 heteroatoms. The van der Waals surface area contributed by atoms with Crippen molar-refractivity contribution in [3.63, 3.8) is 0 Å². The molecule has 0 spiro atoms. The van der Waals surface area contributed by atoms with Gasteiger partial charge in [0, 0.05) is 30.5 Å². The zero-order valence-corrected chi connectivity index (χ0v) is 15.5. The Morgan fingerprint density at radius 3 is 2.77 bits per heavy atom. The smallest absolute Gasteiger partial charge is 0.229 e. The van der Waals surface area contributed by atoms with Crippen LogP contribution in [0.3, 0.4) is 0 Å². The van der Waals surface area contributed by atoms with Crippen LogP contribution in [0.5, 0.6) is 5.75 Å². The van der Waals surface area contributed by atoms with Crippen LogP contribution in [0.25, 0.3) is 0 Å². The Morgan fingerprint density at radius 1 is 1.27 bits per heavy atom. The van der Waals surface area contributed by atoms with E-state index in [1.54, 1.807) is 24.3 Å². The highest BCUT2D eigenvalue weighted by Crippen LogP contribution is 2.34. The molecule has 1 atom stereocenters. The number of nitrogens with one attached hydrogen (secondary N) is 1. The van der Waals surface area contributed by atoms with Gasteiger partial charge in [-0.15, -0.1) is 0 Å². The van der Waals surface area contributed by atoms with Crippen LogP contribution in [0.2, 0.25) is 0 Å². The van der Waals surface area contributed by atoms with Crippen molar-refractivity contribution >= 4 is 23.2 Å². The normalized spacial score (nSPS) is 16.7. The van der Waals surface area contributed by atoms with E-state index >= 15 is 0 Å². The third kappa shape index (κ3) is 3.40. The molecule has 1 aliphatic rings. The summed E-state index contributed by atoms with van der Waals surface area (Å²) in [5.74, 6) is 0.00375. The number of anilines is 2. The van der Waals surface area contributed by atoms with Gasteiger partial charge in [0.1, 0.15) is 5.75 Å². The molecule has 1 unspecified atom stereocenters. The molecule has 1 fully saturated rings. The number of hydrogen-bond donors (Lipinski definition) is 1. The summed E-state index contributed by atoms with van der Waals surface area (Å²) in [5.41, 5.74) is 4.29. The van der Waals surface area contributed by atoms with Gasteiger partial charge in [0.2, 0.25) is 11.8 Å². The first-order chi connectivity index (χ1) is 12.4. The predicted molar refractivity (Wildman–Crippen MR) is 101 cm³/mol. The van der Waals surface area contributed by atoms with Gasteiger partial charge in [-0.25, -0.2) is 0 Å². The van der Waals surface area contributed by atoms with E-state index < -0.39 is 5.92 Å². The number of carbonyl (C=O) groups excluding carboxylic acids is 2. The average molecular weight is 353 g/mol. The lowest BCUT2D eigenvalue weighted by Crippen LogP contribution is -2.28. The maximum absolute atomic E-state index is 12.7. The molecule has 0 saturated carbocycles. The number of nitrogens with zero attached hydrogens (tertiary/aromatic N) is 2. The zero-order valence-electron chi connectivity index (χ0n) is 15.5. The van der Waals surface area contributed by atoms with Gasteiger partial charge >= 0.3 is 0 Å². The summed E-state index contributed by atoms with van der Waals surface area (Å²) in [6.07, 6.45) is 1.85. The van der Waals surface area contributed by atoms with Gasteiger partial charge < -0.3 is 15.0 Å². The number of aryl methyl sites for hydroxylation is 2. The van der Waals surface area contributed by atoms with Crippen molar-refractivity contribution in [2.45, 2.75) is 27.2 Å². The summed E-state index contributed by atoms with van der Waals surface area (Å²) in [6, 6.07) is 7.46. The fourth-order valence-electron chi connectivity index (χ4n) is 3.14. The highest BCUT2D eigenvalue weighted by molar-refractivity contribution is 6.04. The Kier molecular flexibility index (Phi) is 4.93. The topological polar surface area (TPSA) is 71.5 Å². The highest BCUT2D eigenvalue weighted by Gasteiger charge is 2.36. The van der Waals surface area contributed by atoms with Crippen LogP contribution in [0, 0.1) is 26.7 Å². The Labute approximate surface area is 153 Å². The summed E-state index contributed by atoms with van der Waals surface area (Å²) in [4.78, 5) is 31.1. The third-order valence-electron chi connectivity index (χ3n) is 4.83. The molecule has 136 valence electrons. The minimum Gasteiger partial charge on any atom is -0.495 e. The molecule has 0 aliphatic carbocycles. The van der Waals surface area contributed by atoms with Gasteiger partial charge in [-0.3, -0.25) is 14.6 Å². The molecule has 1 aromatic carbocycles. The molecule has 6 nitrogen and oxygen atoms in total. The number of benzene rings is 1. The molecule has 1 saturated heterocycles. The van der Waals surface area contributed by atoms with Crippen LogP contribution in [0.1, 0.15) is 23.2 Å². The summed E-state index contributed by atoms with van der Waals surface area (Å²) in [5, 5.41) is 2.94. The van der Waals surface area contributed by atoms with Crippen molar-refractivity contribution in [2.75, 3.05) is 23.9 Å². The molecule has 2 amide bonds. The minimum absolute atomic E-state index is 0.0725. The minimum atomic E-state index is -0.402. The fraction of sp³-hybridized carbons (Fsp3) is 0.350. The van der Waals surface area contributed by atoms with E-state index in [0.29, 0.717) is 18.0 Å². The van der Waals surface area contributed by atoms with Gasteiger partial charge in [0.05, 0.1) is 18.7 Å². The largest absolute Gasteiger partial charge is 0.495 e. The lowest BCUT2D eigenvalue weighted by atomic mass is 10.1. The van der Waals surface area contributed by atoms with Crippen LogP contribution in [-0.2, 0) is 9.59 Å². The molecule has 2 aromatic rings. The molecule has 2 heterocycles. The molecule has 1 N–H and O–H groups in total. The van der Waals surface area contributed by atoms with E-state index in [2.05, 4.69) is 10.3 Å². The van der Waals surface area contributed by atoms with Crippen molar-refractivity contribution < 1.29 is 14.3 Å². The summed E-state index contributed by atoms with van der Waals surface area (Å²) < 4.78 is 5.38. The van der Waals surface area contributed by atoms with E-state index in [0.717, 1.165) is 22.5 Å². The van der Waals surface area contributed by atoms with Crippen molar-refractivity contribution in [3.8, 4) is 5.75 Å². The first-order valence-corrected chi connectivity index (χ1v) is 8.58. The van der Waals surface area contributed by atoms with E-state index in [-0.39, 0.29) is 18.2 Å². The maximum atomic E-state index is 12.7. The quantitative estimate of drug-likeness (QED) is 0.917. The van der Waals surface area contributed by atoms with Crippen LogP contribution in [-0.4, -0.2) is 30.5 Å². The van der Waals surface area contributed by atoms with Crippen molar-refractivity contribution in [1.82, 2.24) is 4.98 Å². The standard InChI is InChI=1S/C20H23N3O3/c1-12-5-6-18(26-4)17(9-12)23-11-15(10-19(23)24)20(25)22-16-7-8-21-14(3)13(16)2/h5-9,15H,10-11H2,1-4H3,(H,21,22,25). The zero-order chi connectivity index (χ0) is 18.8. The first kappa shape index (κ1) is 17.9. The van der Waals surface area contributed by atoms with Crippen LogP contribution in [0.4, 0.5) is 11.4 Å². The predicted octanol–water partition coefficient (Wildman–Crippen LogP) is 3.01. The summed E-state index contributed by atoms with van der Waals surface area (Å²) in [7, 11) is 1.58. The van der Waals surface area contributed by atoms with Crippen molar-refractivity contribution in [3.05, 3.63) is 47.3 Å². The third-order valence-corrected chi connectivity index (χ3v) is 4.83. The molecule has 1 aliphatic heterocycles. The second-order valence-corrected chi connectivity index (χ2v) is 6.64. The lowest BCUT2D eigenvalue weighted by molar-refractivity contribution is -0.122. The fourth-order valence-corrected chi connectivity index (χ4v) is 3.14. The highest BCUT2D eigenvalue weighted by atomic mass is 16.5. The van der Waals surface area contributed by atoms with E-state index in [4.69, 9.17) is 4.74 Å². The van der Waals surface area contributed by atoms with Crippen molar-refractivity contribution in [1.29, 1.82) is 0 Å². The van der Waals surface area contributed by atoms with E-state index in [1.165, 1.54) is 0 Å². The number of methoxy groups -OCH3 is 1.